The quantitative estimate of drug-likeness (QED) is 0.732. The van der Waals surface area contributed by atoms with Crippen LogP contribution in [0.2, 0.25) is 0 Å². The molecule has 1 amide bonds. The Kier molecular flexibility index (Phi) is 3.59. The number of carbonyl (C=O) groups excluding carboxylic acids is 1. The predicted octanol–water partition coefficient (Wildman–Crippen LogP) is 0.727. The Morgan fingerprint density at radius 2 is 1.67 bits per heavy atom. The lowest BCUT2D eigenvalue weighted by Crippen LogP contribution is -2.57. The molecular weight excluding hydrogens is 190 g/mol. The number of hydrogen-bond donors (Lipinski definition) is 1. The molecule has 0 radical (unpaired) electrons. The molecule has 2 aliphatic heterocycles. The normalized spacial score (nSPS) is 30.3. The standard InChI is InChI=1S/C11H21N3O/c12-11(15)10-6-2-5-9-14(10)13-7-3-1-4-8-13/h10H,1-9H2,(H2,12,15). The van der Waals surface area contributed by atoms with Crippen LogP contribution in [0.3, 0.4) is 0 Å². The van der Waals surface area contributed by atoms with Crippen molar-refractivity contribution in [3.8, 4) is 0 Å². The zero-order valence-electron chi connectivity index (χ0n) is 9.32. The summed E-state index contributed by atoms with van der Waals surface area (Å²) < 4.78 is 0. The van der Waals surface area contributed by atoms with Gasteiger partial charge in [-0.2, -0.15) is 0 Å². The van der Waals surface area contributed by atoms with Crippen molar-refractivity contribution < 1.29 is 4.79 Å². The number of hydrogen-bond acceptors (Lipinski definition) is 3. The van der Waals surface area contributed by atoms with Crippen LogP contribution in [0.15, 0.2) is 0 Å². The Balaban J connectivity index is 1.99. The summed E-state index contributed by atoms with van der Waals surface area (Å²) in [7, 11) is 0. The van der Waals surface area contributed by atoms with Gasteiger partial charge < -0.3 is 5.73 Å². The zero-order valence-corrected chi connectivity index (χ0v) is 9.32. The SMILES string of the molecule is NC(=O)C1CCCCN1N1CCCCC1. The molecule has 2 aliphatic rings. The molecule has 15 heavy (non-hydrogen) atoms. The van der Waals surface area contributed by atoms with Crippen molar-refractivity contribution >= 4 is 5.91 Å². The summed E-state index contributed by atoms with van der Waals surface area (Å²) in [5, 5.41) is 4.57. The summed E-state index contributed by atoms with van der Waals surface area (Å²) in [5.74, 6) is -0.153. The molecule has 2 rings (SSSR count). The molecule has 1 unspecified atom stereocenters. The minimum atomic E-state index is -0.153. The molecule has 4 nitrogen and oxygen atoms in total. The van der Waals surface area contributed by atoms with Crippen LogP contribution in [0.5, 0.6) is 0 Å². The number of primary amides is 1. The van der Waals surface area contributed by atoms with Crippen molar-refractivity contribution in [3.63, 3.8) is 0 Å². The lowest BCUT2D eigenvalue weighted by Gasteiger charge is -2.43. The molecule has 4 heteroatoms. The average molecular weight is 211 g/mol. The molecule has 0 aromatic heterocycles. The van der Waals surface area contributed by atoms with E-state index >= 15 is 0 Å². The summed E-state index contributed by atoms with van der Waals surface area (Å²) in [5.41, 5.74) is 5.46. The second-order valence-corrected chi connectivity index (χ2v) is 4.59. The molecule has 0 aromatic rings. The fraction of sp³-hybridized carbons (Fsp3) is 0.909. The van der Waals surface area contributed by atoms with Crippen LogP contribution >= 0.6 is 0 Å². The smallest absolute Gasteiger partial charge is 0.236 e. The molecular formula is C11H21N3O. The first kappa shape index (κ1) is 10.9. The Morgan fingerprint density at radius 3 is 2.33 bits per heavy atom. The number of piperidine rings is 2. The molecule has 0 aromatic carbocycles. The van der Waals surface area contributed by atoms with E-state index in [2.05, 4.69) is 10.0 Å². The number of hydrazine groups is 1. The lowest BCUT2D eigenvalue weighted by atomic mass is 10.0. The van der Waals surface area contributed by atoms with Gasteiger partial charge in [-0.05, 0) is 32.1 Å². The number of nitrogens with zero attached hydrogens (tertiary/aromatic N) is 2. The van der Waals surface area contributed by atoms with Crippen molar-refractivity contribution in [3.05, 3.63) is 0 Å². The fourth-order valence-electron chi connectivity index (χ4n) is 2.68. The monoisotopic (exact) mass is 211 g/mol. The number of amides is 1. The first-order valence-electron chi connectivity index (χ1n) is 6.10. The highest BCUT2D eigenvalue weighted by molar-refractivity contribution is 5.79. The fourth-order valence-corrected chi connectivity index (χ4v) is 2.68. The van der Waals surface area contributed by atoms with Crippen LogP contribution in [0.4, 0.5) is 0 Å². The van der Waals surface area contributed by atoms with Crippen molar-refractivity contribution in [2.45, 2.75) is 44.6 Å². The minimum absolute atomic E-state index is 0.0446. The Hall–Kier alpha value is -0.610. The number of carbonyl (C=O) groups is 1. The minimum Gasteiger partial charge on any atom is -0.368 e. The summed E-state index contributed by atoms with van der Waals surface area (Å²) >= 11 is 0. The summed E-state index contributed by atoms with van der Waals surface area (Å²) in [6, 6.07) is -0.0446. The molecule has 2 saturated heterocycles. The van der Waals surface area contributed by atoms with Gasteiger partial charge in [0.25, 0.3) is 0 Å². The van der Waals surface area contributed by atoms with Gasteiger partial charge in [-0.3, -0.25) is 4.79 Å². The van der Waals surface area contributed by atoms with Gasteiger partial charge in [-0.1, -0.05) is 6.42 Å². The van der Waals surface area contributed by atoms with Gasteiger partial charge in [0.05, 0.1) is 0 Å². The van der Waals surface area contributed by atoms with Crippen LogP contribution in [-0.2, 0) is 4.79 Å². The van der Waals surface area contributed by atoms with Gasteiger partial charge >= 0.3 is 0 Å². The van der Waals surface area contributed by atoms with Gasteiger partial charge in [0.2, 0.25) is 5.91 Å². The van der Waals surface area contributed by atoms with Crippen molar-refractivity contribution in [2.75, 3.05) is 19.6 Å². The van der Waals surface area contributed by atoms with E-state index in [9.17, 15) is 4.79 Å². The summed E-state index contributed by atoms with van der Waals surface area (Å²) in [6.45, 7) is 3.21. The van der Waals surface area contributed by atoms with Gasteiger partial charge in [0.1, 0.15) is 6.04 Å². The molecule has 0 bridgehead atoms. The van der Waals surface area contributed by atoms with E-state index in [0.717, 1.165) is 32.5 Å². The van der Waals surface area contributed by atoms with E-state index in [1.807, 2.05) is 0 Å². The highest BCUT2D eigenvalue weighted by Crippen LogP contribution is 2.21. The van der Waals surface area contributed by atoms with Crippen LogP contribution in [0, 0.1) is 0 Å². The van der Waals surface area contributed by atoms with Crippen LogP contribution < -0.4 is 5.73 Å². The Bertz CT molecular complexity index is 226. The van der Waals surface area contributed by atoms with Crippen molar-refractivity contribution in [1.82, 2.24) is 10.0 Å². The molecule has 0 aliphatic carbocycles. The van der Waals surface area contributed by atoms with Gasteiger partial charge in [-0.15, -0.1) is 0 Å². The van der Waals surface area contributed by atoms with E-state index in [0.29, 0.717) is 0 Å². The number of rotatable bonds is 2. The first-order valence-corrected chi connectivity index (χ1v) is 6.10. The topological polar surface area (TPSA) is 49.6 Å². The second-order valence-electron chi connectivity index (χ2n) is 4.59. The van der Waals surface area contributed by atoms with E-state index in [4.69, 9.17) is 5.73 Å². The molecule has 86 valence electrons. The highest BCUT2D eigenvalue weighted by atomic mass is 16.1. The average Bonchev–Trinajstić information content (AvgIpc) is 2.30. The largest absolute Gasteiger partial charge is 0.368 e. The van der Waals surface area contributed by atoms with Crippen molar-refractivity contribution in [2.24, 2.45) is 5.73 Å². The third kappa shape index (κ3) is 2.49. The molecule has 2 fully saturated rings. The van der Waals surface area contributed by atoms with E-state index in [1.54, 1.807) is 0 Å². The molecule has 0 spiro atoms. The lowest BCUT2D eigenvalue weighted by molar-refractivity contribution is -0.139. The maximum atomic E-state index is 11.4. The van der Waals surface area contributed by atoms with Gasteiger partial charge in [0, 0.05) is 19.6 Å². The zero-order chi connectivity index (χ0) is 10.7. The molecule has 0 saturated carbocycles. The van der Waals surface area contributed by atoms with E-state index < -0.39 is 0 Å². The van der Waals surface area contributed by atoms with E-state index in [1.165, 1.54) is 25.7 Å². The molecule has 1 atom stereocenters. The molecule has 2 heterocycles. The molecule has 2 N–H and O–H groups in total. The van der Waals surface area contributed by atoms with E-state index in [-0.39, 0.29) is 11.9 Å². The van der Waals surface area contributed by atoms with Crippen molar-refractivity contribution in [1.29, 1.82) is 0 Å². The maximum Gasteiger partial charge on any atom is 0.236 e. The van der Waals surface area contributed by atoms with Gasteiger partial charge in [-0.25, -0.2) is 10.0 Å². The van der Waals surface area contributed by atoms with Crippen LogP contribution in [0.25, 0.3) is 0 Å². The van der Waals surface area contributed by atoms with Crippen LogP contribution in [0.1, 0.15) is 38.5 Å². The maximum absolute atomic E-state index is 11.4. The third-order valence-electron chi connectivity index (χ3n) is 3.50. The number of nitrogens with two attached hydrogens (primary N) is 1. The Morgan fingerprint density at radius 1 is 1.00 bits per heavy atom. The summed E-state index contributed by atoms with van der Waals surface area (Å²) in [4.78, 5) is 11.4. The van der Waals surface area contributed by atoms with Crippen LogP contribution in [-0.4, -0.2) is 41.6 Å². The summed E-state index contributed by atoms with van der Waals surface area (Å²) in [6.07, 6.45) is 7.10. The second kappa shape index (κ2) is 4.94. The Labute approximate surface area is 91.4 Å². The highest BCUT2D eigenvalue weighted by Gasteiger charge is 2.31. The van der Waals surface area contributed by atoms with Gasteiger partial charge in [0.15, 0.2) is 0 Å². The first-order chi connectivity index (χ1) is 7.29. The predicted molar refractivity (Wildman–Crippen MR) is 59.0 cm³/mol. The third-order valence-corrected chi connectivity index (χ3v) is 3.50.